The molecule has 0 aliphatic heterocycles. The number of hydrogen-bond acceptors (Lipinski definition) is 6. The van der Waals surface area contributed by atoms with E-state index < -0.39 is 10.9 Å². The van der Waals surface area contributed by atoms with Gasteiger partial charge >= 0.3 is 5.97 Å². The number of anilines is 1. The second-order valence-corrected chi connectivity index (χ2v) is 7.37. The minimum atomic E-state index is -0.742. The highest BCUT2D eigenvalue weighted by Gasteiger charge is 2.35. The summed E-state index contributed by atoms with van der Waals surface area (Å²) in [6, 6.07) is 4.22. The SMILES string of the molecule is CN(C)c1ccc([N+](=O)[O-])cc1C(=O)OCC(=O)N(C1=CCCCC1)C1CC1. The summed E-state index contributed by atoms with van der Waals surface area (Å²) in [5.74, 6) is -0.977. The fourth-order valence-corrected chi connectivity index (χ4v) is 3.44. The van der Waals surface area contributed by atoms with E-state index in [0.717, 1.165) is 44.2 Å². The molecule has 1 aromatic carbocycles. The van der Waals surface area contributed by atoms with Gasteiger partial charge in [0.2, 0.25) is 0 Å². The minimum absolute atomic E-state index is 0.0712. The molecule has 0 saturated heterocycles. The van der Waals surface area contributed by atoms with Crippen molar-refractivity contribution in [2.45, 2.75) is 44.6 Å². The van der Waals surface area contributed by atoms with Gasteiger partial charge in [-0.2, -0.15) is 0 Å². The number of non-ortho nitro benzene ring substituents is 1. The molecular formula is C20H25N3O5. The van der Waals surface area contributed by atoms with Gasteiger partial charge in [0.25, 0.3) is 11.6 Å². The quantitative estimate of drug-likeness (QED) is 0.405. The predicted molar refractivity (Wildman–Crippen MR) is 104 cm³/mol. The number of allylic oxidation sites excluding steroid dienone is 2. The molecule has 2 aliphatic carbocycles. The maximum atomic E-state index is 12.7. The van der Waals surface area contributed by atoms with E-state index in [1.54, 1.807) is 23.9 Å². The van der Waals surface area contributed by atoms with Crippen LogP contribution in [0, 0.1) is 10.1 Å². The summed E-state index contributed by atoms with van der Waals surface area (Å²) in [6.07, 6.45) is 8.05. The normalized spacial score (nSPS) is 16.1. The fraction of sp³-hybridized carbons (Fsp3) is 0.500. The number of esters is 1. The molecule has 1 fully saturated rings. The predicted octanol–water partition coefficient (Wildman–Crippen LogP) is 3.27. The van der Waals surface area contributed by atoms with Crippen LogP contribution >= 0.6 is 0 Å². The number of nitrogens with zero attached hydrogens (tertiary/aromatic N) is 3. The van der Waals surface area contributed by atoms with Gasteiger partial charge in [0.05, 0.1) is 16.2 Å². The van der Waals surface area contributed by atoms with Gasteiger partial charge in [0.15, 0.2) is 6.61 Å². The maximum Gasteiger partial charge on any atom is 0.341 e. The molecule has 0 unspecified atom stereocenters. The van der Waals surface area contributed by atoms with Crippen molar-refractivity contribution < 1.29 is 19.2 Å². The summed E-state index contributed by atoms with van der Waals surface area (Å²) in [5, 5.41) is 11.0. The van der Waals surface area contributed by atoms with E-state index in [2.05, 4.69) is 6.08 Å². The van der Waals surface area contributed by atoms with Crippen molar-refractivity contribution in [1.29, 1.82) is 0 Å². The van der Waals surface area contributed by atoms with Gasteiger partial charge in [-0.1, -0.05) is 6.08 Å². The third-order valence-corrected chi connectivity index (χ3v) is 4.98. The first-order chi connectivity index (χ1) is 13.4. The van der Waals surface area contributed by atoms with Crippen molar-refractivity contribution in [3.63, 3.8) is 0 Å². The Bertz CT molecular complexity index is 814. The van der Waals surface area contributed by atoms with Crippen molar-refractivity contribution in [2.75, 3.05) is 25.6 Å². The van der Waals surface area contributed by atoms with Gasteiger partial charge in [0.1, 0.15) is 0 Å². The Labute approximate surface area is 163 Å². The molecule has 3 rings (SSSR count). The standard InChI is InChI=1S/C20H25N3O5/c1-21(2)18-11-10-16(23(26)27)12-17(18)20(25)28-13-19(24)22(15-8-9-15)14-6-4-3-5-7-14/h6,10-12,15H,3-5,7-9,13H2,1-2H3. The van der Waals surface area contributed by atoms with Crippen LogP contribution in [0.15, 0.2) is 30.0 Å². The smallest absolute Gasteiger partial charge is 0.341 e. The van der Waals surface area contributed by atoms with Crippen LogP contribution in [0.5, 0.6) is 0 Å². The molecule has 0 aromatic heterocycles. The average Bonchev–Trinajstić information content (AvgIpc) is 3.51. The number of carbonyl (C=O) groups excluding carboxylic acids is 2. The van der Waals surface area contributed by atoms with E-state index in [9.17, 15) is 19.7 Å². The number of nitro benzene ring substituents is 1. The lowest BCUT2D eigenvalue weighted by molar-refractivity contribution is -0.384. The van der Waals surface area contributed by atoms with E-state index in [1.165, 1.54) is 18.2 Å². The highest BCUT2D eigenvalue weighted by atomic mass is 16.6. The number of benzene rings is 1. The lowest BCUT2D eigenvalue weighted by Gasteiger charge is -2.27. The highest BCUT2D eigenvalue weighted by molar-refractivity contribution is 5.97. The summed E-state index contributed by atoms with van der Waals surface area (Å²) in [4.78, 5) is 39.3. The van der Waals surface area contributed by atoms with E-state index in [-0.39, 0.29) is 29.8 Å². The first-order valence-corrected chi connectivity index (χ1v) is 9.52. The Morgan fingerprint density at radius 2 is 2.00 bits per heavy atom. The maximum absolute atomic E-state index is 12.7. The zero-order valence-corrected chi connectivity index (χ0v) is 16.2. The summed E-state index contributed by atoms with van der Waals surface area (Å²) >= 11 is 0. The second kappa shape index (κ2) is 8.41. The number of amides is 1. The zero-order valence-electron chi connectivity index (χ0n) is 16.2. The number of nitro groups is 1. The van der Waals surface area contributed by atoms with Gasteiger partial charge in [-0.25, -0.2) is 4.79 Å². The van der Waals surface area contributed by atoms with Crippen molar-refractivity contribution in [3.8, 4) is 0 Å². The molecular weight excluding hydrogens is 362 g/mol. The lowest BCUT2D eigenvalue weighted by atomic mass is 10.0. The highest BCUT2D eigenvalue weighted by Crippen LogP contribution is 2.34. The van der Waals surface area contributed by atoms with Gasteiger partial charge in [-0.05, 0) is 44.6 Å². The van der Waals surface area contributed by atoms with Crippen LogP contribution in [0.3, 0.4) is 0 Å². The van der Waals surface area contributed by atoms with Crippen LogP contribution in [-0.2, 0) is 9.53 Å². The number of rotatable bonds is 7. The third-order valence-electron chi connectivity index (χ3n) is 4.98. The Morgan fingerprint density at radius 1 is 1.25 bits per heavy atom. The molecule has 0 atom stereocenters. The molecule has 8 nitrogen and oxygen atoms in total. The summed E-state index contributed by atoms with van der Waals surface area (Å²) < 4.78 is 5.26. The van der Waals surface area contributed by atoms with Crippen LogP contribution < -0.4 is 4.90 Å². The van der Waals surface area contributed by atoms with Crippen LogP contribution in [0.25, 0.3) is 0 Å². The van der Waals surface area contributed by atoms with E-state index >= 15 is 0 Å². The molecule has 1 saturated carbocycles. The van der Waals surface area contributed by atoms with E-state index in [1.807, 2.05) is 0 Å². The van der Waals surface area contributed by atoms with Gasteiger partial charge in [0, 0.05) is 38.0 Å². The van der Waals surface area contributed by atoms with Crippen molar-refractivity contribution in [2.24, 2.45) is 0 Å². The largest absolute Gasteiger partial charge is 0.452 e. The molecule has 2 aliphatic rings. The molecule has 1 aromatic rings. The first kappa shape index (κ1) is 19.9. The summed E-state index contributed by atoms with van der Waals surface area (Å²) in [5.41, 5.74) is 1.40. The topological polar surface area (TPSA) is 93.0 Å². The first-order valence-electron chi connectivity index (χ1n) is 9.52. The molecule has 28 heavy (non-hydrogen) atoms. The average molecular weight is 387 g/mol. The molecule has 0 heterocycles. The monoisotopic (exact) mass is 387 g/mol. The molecule has 0 N–H and O–H groups in total. The Morgan fingerprint density at radius 3 is 2.57 bits per heavy atom. The second-order valence-electron chi connectivity index (χ2n) is 7.37. The minimum Gasteiger partial charge on any atom is -0.452 e. The molecule has 150 valence electrons. The third kappa shape index (κ3) is 4.49. The Hall–Kier alpha value is -2.90. The number of ether oxygens (including phenoxy) is 1. The summed E-state index contributed by atoms with van der Waals surface area (Å²) in [6.45, 7) is -0.373. The van der Waals surface area contributed by atoms with Crippen molar-refractivity contribution in [1.82, 2.24) is 4.90 Å². The fourth-order valence-electron chi connectivity index (χ4n) is 3.44. The van der Waals surface area contributed by atoms with Gasteiger partial charge in [-0.3, -0.25) is 14.9 Å². The molecule has 1 amide bonds. The van der Waals surface area contributed by atoms with Crippen LogP contribution in [0.1, 0.15) is 48.9 Å². The van der Waals surface area contributed by atoms with E-state index in [0.29, 0.717) is 5.69 Å². The molecule has 0 radical (unpaired) electrons. The molecule has 0 spiro atoms. The van der Waals surface area contributed by atoms with E-state index in [4.69, 9.17) is 4.74 Å². The van der Waals surface area contributed by atoms with Gasteiger partial charge < -0.3 is 14.5 Å². The van der Waals surface area contributed by atoms with Crippen LogP contribution in [-0.4, -0.2) is 48.4 Å². The number of hydrogen-bond donors (Lipinski definition) is 0. The van der Waals surface area contributed by atoms with Crippen LogP contribution in [0.4, 0.5) is 11.4 Å². The molecule has 0 bridgehead atoms. The van der Waals surface area contributed by atoms with Gasteiger partial charge in [-0.15, -0.1) is 0 Å². The lowest BCUT2D eigenvalue weighted by Crippen LogP contribution is -2.36. The molecule has 8 heteroatoms. The van der Waals surface area contributed by atoms with Crippen molar-refractivity contribution in [3.05, 3.63) is 45.6 Å². The number of carbonyl (C=O) groups is 2. The summed E-state index contributed by atoms with van der Waals surface area (Å²) in [7, 11) is 3.46. The van der Waals surface area contributed by atoms with Crippen LogP contribution in [0.2, 0.25) is 0 Å². The Kier molecular flexibility index (Phi) is 5.96. The Balaban J connectivity index is 1.72. The zero-order chi connectivity index (χ0) is 20.3. The van der Waals surface area contributed by atoms with Crippen molar-refractivity contribution >= 4 is 23.3 Å².